The third-order valence-electron chi connectivity index (χ3n) is 4.37. The number of halogens is 1. The molecule has 0 fully saturated rings. The summed E-state index contributed by atoms with van der Waals surface area (Å²) < 4.78 is 5.77. The number of hydrogen-bond acceptors (Lipinski definition) is 5. The Morgan fingerprint density at radius 2 is 1.69 bits per heavy atom. The lowest BCUT2D eigenvalue weighted by Gasteiger charge is -2.16. The molecule has 0 bridgehead atoms. The molecule has 0 saturated heterocycles. The normalized spacial score (nSPS) is 14.1. The maximum Gasteiger partial charge on any atom is 0.268 e. The molecule has 2 aromatic carbocycles. The number of aryl methyl sites for hydroxylation is 2. The first kappa shape index (κ1) is 21.4. The van der Waals surface area contributed by atoms with E-state index < -0.39 is 0 Å². The van der Waals surface area contributed by atoms with Gasteiger partial charge in [0.1, 0.15) is 12.4 Å². The number of carbonyl (C=O) groups excluding carboxylic acids is 2. The van der Waals surface area contributed by atoms with Gasteiger partial charge in [0.05, 0.1) is 23.6 Å². The average Bonchev–Trinajstić information content (AvgIpc) is 2.90. The molecular weight excluding hydrogens is 410 g/mol. The number of aliphatic hydroxyl groups excluding tert-OH is 1. The number of amides is 2. The molecule has 0 aliphatic carbocycles. The highest BCUT2D eigenvalue weighted by Gasteiger charge is 2.38. The summed E-state index contributed by atoms with van der Waals surface area (Å²) in [4.78, 5) is 27.4. The van der Waals surface area contributed by atoms with Crippen molar-refractivity contribution < 1.29 is 19.4 Å². The quantitative estimate of drug-likeness (QED) is 0.643. The smallest absolute Gasteiger partial charge is 0.268 e. The van der Waals surface area contributed by atoms with E-state index in [4.69, 9.17) is 21.4 Å². The van der Waals surface area contributed by atoms with Crippen LogP contribution in [0.15, 0.2) is 47.4 Å². The van der Waals surface area contributed by atoms with Crippen LogP contribution in [0.3, 0.4) is 0 Å². The zero-order chi connectivity index (χ0) is 21.0. The van der Waals surface area contributed by atoms with Gasteiger partial charge in [-0.05, 0) is 54.8 Å². The molecule has 2 aromatic rings. The van der Waals surface area contributed by atoms with Crippen LogP contribution in [-0.4, -0.2) is 47.3 Å². The third kappa shape index (κ3) is 5.01. The first-order valence-electron chi connectivity index (χ1n) is 9.22. The lowest BCUT2D eigenvalue weighted by molar-refractivity contribution is -0.136. The van der Waals surface area contributed by atoms with Crippen LogP contribution in [0.5, 0.6) is 5.75 Å². The van der Waals surface area contributed by atoms with Crippen molar-refractivity contribution in [3.8, 4) is 5.75 Å². The number of hydrogen-bond donors (Lipinski definition) is 1. The minimum atomic E-state index is -0.359. The SMILES string of the molecule is Cc1cc(C)cc(OCCN2C(=O)C(SCCO)=C(c3ccc(Cl)cc3)C2=O)c1. The number of carbonyl (C=O) groups is 2. The molecule has 7 heteroatoms. The van der Waals surface area contributed by atoms with E-state index in [0.717, 1.165) is 11.1 Å². The summed E-state index contributed by atoms with van der Waals surface area (Å²) in [5, 5.41) is 9.71. The fourth-order valence-electron chi connectivity index (χ4n) is 3.18. The second kappa shape index (κ2) is 9.48. The number of nitrogens with zero attached hydrogens (tertiary/aromatic N) is 1. The fraction of sp³-hybridized carbons (Fsp3) is 0.273. The maximum atomic E-state index is 13.0. The monoisotopic (exact) mass is 431 g/mol. The van der Waals surface area contributed by atoms with E-state index in [1.807, 2.05) is 32.0 Å². The zero-order valence-corrected chi connectivity index (χ0v) is 17.8. The Bertz CT molecular complexity index is 936. The van der Waals surface area contributed by atoms with Gasteiger partial charge >= 0.3 is 0 Å². The molecule has 0 atom stereocenters. The van der Waals surface area contributed by atoms with Crippen molar-refractivity contribution in [1.29, 1.82) is 0 Å². The molecule has 152 valence electrons. The highest BCUT2D eigenvalue weighted by molar-refractivity contribution is 8.04. The molecular formula is C22H22ClNO4S. The van der Waals surface area contributed by atoms with E-state index >= 15 is 0 Å². The molecule has 3 rings (SSSR count). The van der Waals surface area contributed by atoms with Crippen LogP contribution in [0.2, 0.25) is 5.02 Å². The van der Waals surface area contributed by atoms with Crippen LogP contribution in [0, 0.1) is 13.8 Å². The maximum absolute atomic E-state index is 13.0. The molecule has 1 aliphatic heterocycles. The van der Waals surface area contributed by atoms with Crippen molar-refractivity contribution in [3.05, 3.63) is 69.1 Å². The Kier molecular flexibility index (Phi) is 7.00. The van der Waals surface area contributed by atoms with Crippen molar-refractivity contribution in [3.63, 3.8) is 0 Å². The van der Waals surface area contributed by atoms with Crippen molar-refractivity contribution in [1.82, 2.24) is 4.90 Å². The lowest BCUT2D eigenvalue weighted by Crippen LogP contribution is -2.35. The Morgan fingerprint density at radius 3 is 2.31 bits per heavy atom. The van der Waals surface area contributed by atoms with Crippen LogP contribution >= 0.6 is 23.4 Å². The molecule has 0 unspecified atom stereocenters. The number of benzene rings is 2. The van der Waals surface area contributed by atoms with Crippen LogP contribution < -0.4 is 4.74 Å². The molecule has 5 nitrogen and oxygen atoms in total. The predicted molar refractivity (Wildman–Crippen MR) is 116 cm³/mol. The molecule has 1 aliphatic rings. The summed E-state index contributed by atoms with van der Waals surface area (Å²) in [5.41, 5.74) is 3.15. The van der Waals surface area contributed by atoms with Crippen LogP contribution in [0.1, 0.15) is 16.7 Å². The molecule has 0 aromatic heterocycles. The Labute approximate surface area is 179 Å². The van der Waals surface area contributed by atoms with Gasteiger partial charge in [0.15, 0.2) is 0 Å². The molecule has 29 heavy (non-hydrogen) atoms. The summed E-state index contributed by atoms with van der Waals surface area (Å²) in [6, 6.07) is 12.7. The molecule has 0 radical (unpaired) electrons. The molecule has 1 heterocycles. The fourth-order valence-corrected chi connectivity index (χ4v) is 4.19. The molecule has 0 spiro atoms. The van der Waals surface area contributed by atoms with Gasteiger partial charge in [-0.2, -0.15) is 0 Å². The zero-order valence-electron chi connectivity index (χ0n) is 16.3. The van der Waals surface area contributed by atoms with Crippen molar-refractivity contribution in [2.45, 2.75) is 13.8 Å². The highest BCUT2D eigenvalue weighted by atomic mass is 35.5. The largest absolute Gasteiger partial charge is 0.492 e. The van der Waals surface area contributed by atoms with Gasteiger partial charge < -0.3 is 9.84 Å². The van der Waals surface area contributed by atoms with E-state index in [0.29, 0.717) is 32.6 Å². The number of thioether (sulfide) groups is 1. The van der Waals surface area contributed by atoms with Crippen LogP contribution in [-0.2, 0) is 9.59 Å². The van der Waals surface area contributed by atoms with E-state index in [9.17, 15) is 9.59 Å². The lowest BCUT2D eigenvalue weighted by atomic mass is 10.1. The first-order chi connectivity index (χ1) is 13.9. The Hall–Kier alpha value is -2.28. The summed E-state index contributed by atoms with van der Waals surface area (Å²) in [7, 11) is 0. The second-order valence-corrected chi connectivity index (χ2v) is 8.26. The summed E-state index contributed by atoms with van der Waals surface area (Å²) in [6.45, 7) is 4.23. The molecule has 0 saturated carbocycles. The van der Waals surface area contributed by atoms with E-state index in [2.05, 4.69) is 0 Å². The number of aliphatic hydroxyl groups is 1. The Morgan fingerprint density at radius 1 is 1.03 bits per heavy atom. The number of imide groups is 1. The van der Waals surface area contributed by atoms with Crippen molar-refractivity contribution >= 4 is 40.8 Å². The first-order valence-corrected chi connectivity index (χ1v) is 10.6. The summed E-state index contributed by atoms with van der Waals surface area (Å²) in [5.74, 6) is 0.324. The summed E-state index contributed by atoms with van der Waals surface area (Å²) in [6.07, 6.45) is 0. The van der Waals surface area contributed by atoms with Gasteiger partial charge in [-0.25, -0.2) is 0 Å². The topological polar surface area (TPSA) is 66.8 Å². The number of ether oxygens (including phenoxy) is 1. The van der Waals surface area contributed by atoms with E-state index in [-0.39, 0.29) is 31.6 Å². The predicted octanol–water partition coefficient (Wildman–Crippen LogP) is 3.84. The summed E-state index contributed by atoms with van der Waals surface area (Å²) >= 11 is 7.13. The van der Waals surface area contributed by atoms with E-state index in [1.54, 1.807) is 24.3 Å². The molecule has 1 N–H and O–H groups in total. The molecule has 2 amide bonds. The van der Waals surface area contributed by atoms with Gasteiger partial charge in [-0.15, -0.1) is 11.8 Å². The highest BCUT2D eigenvalue weighted by Crippen LogP contribution is 2.36. The van der Waals surface area contributed by atoms with Gasteiger partial charge in [0, 0.05) is 10.8 Å². The Balaban J connectivity index is 1.76. The van der Waals surface area contributed by atoms with Gasteiger partial charge in [0.2, 0.25) is 0 Å². The average molecular weight is 432 g/mol. The van der Waals surface area contributed by atoms with Crippen LogP contribution in [0.4, 0.5) is 0 Å². The standard InChI is InChI=1S/C22H22ClNO4S/c1-14-11-15(2)13-18(12-14)28-9-7-24-21(26)19(16-3-5-17(23)6-4-16)20(22(24)27)29-10-8-25/h3-6,11-13,25H,7-10H2,1-2H3. The van der Waals surface area contributed by atoms with Gasteiger partial charge in [-0.1, -0.05) is 29.8 Å². The minimum Gasteiger partial charge on any atom is -0.492 e. The van der Waals surface area contributed by atoms with Gasteiger partial charge in [-0.3, -0.25) is 14.5 Å². The number of rotatable bonds is 8. The van der Waals surface area contributed by atoms with Crippen LogP contribution in [0.25, 0.3) is 5.57 Å². The van der Waals surface area contributed by atoms with Gasteiger partial charge in [0.25, 0.3) is 11.8 Å². The van der Waals surface area contributed by atoms with E-state index in [1.165, 1.54) is 16.7 Å². The van der Waals surface area contributed by atoms with Crippen molar-refractivity contribution in [2.24, 2.45) is 0 Å². The second-order valence-electron chi connectivity index (χ2n) is 6.72. The minimum absolute atomic E-state index is 0.0840. The third-order valence-corrected chi connectivity index (χ3v) is 5.68. The van der Waals surface area contributed by atoms with Crippen molar-refractivity contribution in [2.75, 3.05) is 25.5 Å².